The van der Waals surface area contributed by atoms with Gasteiger partial charge in [-0.15, -0.1) is 13.2 Å². The molecule has 0 aromatic heterocycles. The number of benzene rings is 1. The van der Waals surface area contributed by atoms with E-state index in [1.807, 2.05) is 0 Å². The van der Waals surface area contributed by atoms with Crippen LogP contribution in [0.3, 0.4) is 0 Å². The number of hydrogen-bond donors (Lipinski definition) is 1. The van der Waals surface area contributed by atoms with Crippen LogP contribution < -0.4 is 10.2 Å². The maximum atomic E-state index is 13.2. The summed E-state index contributed by atoms with van der Waals surface area (Å²) < 4.78 is 52.0. The van der Waals surface area contributed by atoms with Crippen molar-refractivity contribution >= 4 is 19.3 Å². The summed E-state index contributed by atoms with van der Waals surface area (Å²) in [6.07, 6.45) is -5.15. The summed E-state index contributed by atoms with van der Waals surface area (Å²) in [5.41, 5.74) is -1.59. The monoisotopic (exact) mass is 234 g/mol. The van der Waals surface area contributed by atoms with E-state index in [4.69, 9.17) is 13.0 Å². The lowest BCUT2D eigenvalue weighted by Crippen LogP contribution is -2.24. The summed E-state index contributed by atoms with van der Waals surface area (Å²) in [5.74, 6) is -4.72. The maximum absolute atomic E-state index is 13.2. The predicted octanol–water partition coefficient (Wildman–Crippen LogP) is 1.22. The second kappa shape index (κ2) is 4.03. The Hall–Kier alpha value is -1.73. The van der Waals surface area contributed by atoms with Crippen LogP contribution in [0.15, 0.2) is 12.1 Å². The minimum absolute atomic E-state index is 0.639. The molecule has 0 bridgehead atoms. The standard InChI is InChI=1S/C8H3BF4O3/c9-4-2-1-3(7(14)15)5(10)6(4)16-8(11,12)13/h1-2H,(H,14,15). The number of hydrogen-bond acceptors (Lipinski definition) is 2. The Morgan fingerprint density at radius 1 is 1.38 bits per heavy atom. The topological polar surface area (TPSA) is 46.5 Å². The van der Waals surface area contributed by atoms with E-state index in [1.54, 1.807) is 0 Å². The highest BCUT2D eigenvalue weighted by molar-refractivity contribution is 6.34. The van der Waals surface area contributed by atoms with E-state index in [2.05, 4.69) is 4.74 Å². The second-order valence-corrected chi connectivity index (χ2v) is 2.70. The van der Waals surface area contributed by atoms with Crippen molar-refractivity contribution in [2.75, 3.05) is 0 Å². The fourth-order valence-electron chi connectivity index (χ4n) is 0.956. The normalized spacial score (nSPS) is 11.2. The Morgan fingerprint density at radius 3 is 2.38 bits per heavy atom. The summed E-state index contributed by atoms with van der Waals surface area (Å²) in [4.78, 5) is 10.4. The van der Waals surface area contributed by atoms with Gasteiger partial charge in [0.05, 0.1) is 5.56 Å². The Kier molecular flexibility index (Phi) is 3.11. The molecular weight excluding hydrogens is 231 g/mol. The Morgan fingerprint density at radius 2 is 1.94 bits per heavy atom. The van der Waals surface area contributed by atoms with Crippen molar-refractivity contribution in [1.82, 2.24) is 0 Å². The molecule has 84 valence electrons. The largest absolute Gasteiger partial charge is 0.573 e. The molecule has 0 fully saturated rings. The molecule has 1 N–H and O–H groups in total. The van der Waals surface area contributed by atoms with Crippen LogP contribution in [0, 0.1) is 5.82 Å². The molecule has 0 spiro atoms. The average Bonchev–Trinajstić information content (AvgIpc) is 2.10. The molecule has 0 heterocycles. The van der Waals surface area contributed by atoms with Gasteiger partial charge in [0.15, 0.2) is 11.6 Å². The van der Waals surface area contributed by atoms with Gasteiger partial charge in [-0.2, -0.15) is 0 Å². The van der Waals surface area contributed by atoms with E-state index in [-0.39, 0.29) is 0 Å². The molecule has 0 saturated heterocycles. The van der Waals surface area contributed by atoms with Crippen LogP contribution >= 0.6 is 0 Å². The van der Waals surface area contributed by atoms with Gasteiger partial charge in [0, 0.05) is 0 Å². The molecule has 0 aliphatic carbocycles. The van der Waals surface area contributed by atoms with Gasteiger partial charge in [0.25, 0.3) is 0 Å². The third kappa shape index (κ3) is 2.65. The fourth-order valence-corrected chi connectivity index (χ4v) is 0.956. The van der Waals surface area contributed by atoms with Crippen molar-refractivity contribution in [3.05, 3.63) is 23.5 Å². The molecule has 8 heteroatoms. The molecular formula is C8H3BF4O3. The lowest BCUT2D eigenvalue weighted by Gasteiger charge is -2.13. The number of aromatic carboxylic acids is 1. The first-order valence-electron chi connectivity index (χ1n) is 3.79. The van der Waals surface area contributed by atoms with Crippen LogP contribution in [-0.4, -0.2) is 25.3 Å². The smallest absolute Gasteiger partial charge is 0.478 e. The molecule has 1 aromatic carbocycles. The highest BCUT2D eigenvalue weighted by Gasteiger charge is 2.34. The number of carboxylic acid groups (broad SMARTS) is 1. The van der Waals surface area contributed by atoms with Gasteiger partial charge in [-0.1, -0.05) is 11.5 Å². The van der Waals surface area contributed by atoms with Crippen LogP contribution in [0.2, 0.25) is 0 Å². The molecule has 0 aliphatic rings. The van der Waals surface area contributed by atoms with Crippen LogP contribution in [0.25, 0.3) is 0 Å². The molecule has 0 saturated carbocycles. The summed E-state index contributed by atoms with van der Waals surface area (Å²) in [5, 5.41) is 8.46. The number of carboxylic acids is 1. The van der Waals surface area contributed by atoms with E-state index in [0.717, 1.165) is 12.1 Å². The zero-order valence-corrected chi connectivity index (χ0v) is 7.51. The van der Waals surface area contributed by atoms with Crippen molar-refractivity contribution in [2.45, 2.75) is 6.36 Å². The van der Waals surface area contributed by atoms with Gasteiger partial charge >= 0.3 is 12.3 Å². The van der Waals surface area contributed by atoms with Crippen LogP contribution in [0.4, 0.5) is 17.6 Å². The highest BCUT2D eigenvalue weighted by atomic mass is 19.4. The number of ether oxygens (including phenoxy) is 1. The molecule has 3 nitrogen and oxygen atoms in total. The molecule has 2 radical (unpaired) electrons. The Bertz CT molecular complexity index is 430. The number of alkyl halides is 3. The van der Waals surface area contributed by atoms with E-state index < -0.39 is 34.9 Å². The molecule has 0 unspecified atom stereocenters. The summed E-state index contributed by atoms with van der Waals surface area (Å²) in [7, 11) is 5.04. The molecule has 16 heavy (non-hydrogen) atoms. The highest BCUT2D eigenvalue weighted by Crippen LogP contribution is 2.25. The van der Waals surface area contributed by atoms with Crippen LogP contribution in [0.1, 0.15) is 10.4 Å². The van der Waals surface area contributed by atoms with E-state index in [1.165, 1.54) is 0 Å². The number of rotatable bonds is 2. The van der Waals surface area contributed by atoms with Crippen molar-refractivity contribution in [1.29, 1.82) is 0 Å². The van der Waals surface area contributed by atoms with Gasteiger partial charge in [-0.05, 0) is 6.07 Å². The first-order chi connectivity index (χ1) is 7.22. The van der Waals surface area contributed by atoms with Gasteiger partial charge in [-0.3, -0.25) is 0 Å². The molecule has 0 aliphatic heterocycles. The molecule has 0 atom stereocenters. The van der Waals surface area contributed by atoms with Crippen LogP contribution in [-0.2, 0) is 0 Å². The lowest BCUT2D eigenvalue weighted by molar-refractivity contribution is -0.275. The predicted molar refractivity (Wildman–Crippen MR) is 45.4 cm³/mol. The Labute approximate surface area is 88.0 Å². The molecule has 1 rings (SSSR count). The van der Waals surface area contributed by atoms with Crippen LogP contribution in [0.5, 0.6) is 5.75 Å². The Balaban J connectivity index is 3.27. The van der Waals surface area contributed by atoms with Crippen molar-refractivity contribution in [3.8, 4) is 5.75 Å². The van der Waals surface area contributed by atoms with Gasteiger partial charge < -0.3 is 9.84 Å². The third-order valence-electron chi connectivity index (χ3n) is 1.58. The number of halogens is 4. The summed E-state index contributed by atoms with van der Waals surface area (Å²) in [6.45, 7) is 0. The van der Waals surface area contributed by atoms with Gasteiger partial charge in [0.2, 0.25) is 0 Å². The van der Waals surface area contributed by atoms with Gasteiger partial charge in [0.1, 0.15) is 7.85 Å². The zero-order valence-electron chi connectivity index (χ0n) is 7.51. The molecule has 1 aromatic rings. The summed E-state index contributed by atoms with van der Waals surface area (Å²) in [6, 6.07) is 1.56. The van der Waals surface area contributed by atoms with Gasteiger partial charge in [-0.25, -0.2) is 9.18 Å². The van der Waals surface area contributed by atoms with Crippen molar-refractivity contribution < 1.29 is 32.2 Å². The lowest BCUT2D eigenvalue weighted by atomic mass is 9.93. The van der Waals surface area contributed by atoms with E-state index in [0.29, 0.717) is 0 Å². The summed E-state index contributed by atoms with van der Waals surface area (Å²) >= 11 is 0. The second-order valence-electron chi connectivity index (χ2n) is 2.70. The number of carbonyl (C=O) groups is 1. The van der Waals surface area contributed by atoms with E-state index >= 15 is 0 Å². The first kappa shape index (κ1) is 12.3. The minimum Gasteiger partial charge on any atom is -0.478 e. The van der Waals surface area contributed by atoms with E-state index in [9.17, 15) is 22.4 Å². The molecule has 0 amide bonds. The first-order valence-corrected chi connectivity index (χ1v) is 3.79. The average molecular weight is 234 g/mol. The fraction of sp³-hybridized carbons (Fsp3) is 0.125. The third-order valence-corrected chi connectivity index (χ3v) is 1.58. The SMILES string of the molecule is [B]c1ccc(C(=O)O)c(F)c1OC(F)(F)F. The van der Waals surface area contributed by atoms with Crippen molar-refractivity contribution in [3.63, 3.8) is 0 Å². The maximum Gasteiger partial charge on any atom is 0.573 e. The zero-order chi connectivity index (χ0) is 12.5. The van der Waals surface area contributed by atoms with Crippen molar-refractivity contribution in [2.24, 2.45) is 0 Å². The minimum atomic E-state index is -5.15. The quantitative estimate of drug-likeness (QED) is 0.617.